The molecule has 9 nitrogen and oxygen atoms in total. The summed E-state index contributed by atoms with van der Waals surface area (Å²) in [7, 11) is 0. The molecule has 0 spiro atoms. The molecule has 0 aromatic carbocycles. The molecule has 0 aliphatic heterocycles. The third-order valence-corrected chi connectivity index (χ3v) is 10.3. The van der Waals surface area contributed by atoms with E-state index in [2.05, 4.69) is 0 Å². The quantitative estimate of drug-likeness (QED) is 0.421. The third-order valence-electron chi connectivity index (χ3n) is 1.86. The van der Waals surface area contributed by atoms with Gasteiger partial charge in [0.05, 0.1) is 0 Å². The van der Waals surface area contributed by atoms with E-state index in [0.29, 0.717) is 0 Å². The van der Waals surface area contributed by atoms with Gasteiger partial charge in [-0.25, -0.2) is 0 Å². The zero-order chi connectivity index (χ0) is 15.1. The van der Waals surface area contributed by atoms with Crippen molar-refractivity contribution in [3.05, 3.63) is 0 Å². The fraction of sp³-hybridized carbons (Fsp3) is 0.667. The second-order valence-corrected chi connectivity index (χ2v) is 12.1. The van der Waals surface area contributed by atoms with E-state index in [1.165, 1.54) is 13.8 Å². The van der Waals surface area contributed by atoms with Crippen molar-refractivity contribution in [1.82, 2.24) is 0 Å². The molecule has 0 saturated heterocycles. The van der Waals surface area contributed by atoms with Gasteiger partial charge in [0.25, 0.3) is 0 Å². The van der Waals surface area contributed by atoms with E-state index in [9.17, 15) is 14.4 Å². The first-order chi connectivity index (χ1) is 8.81. The molecule has 0 bridgehead atoms. The summed E-state index contributed by atoms with van der Waals surface area (Å²) >= 11 is -5.02. The van der Waals surface area contributed by atoms with Crippen molar-refractivity contribution in [2.75, 3.05) is 19.8 Å². The van der Waals surface area contributed by atoms with Crippen molar-refractivity contribution in [3.63, 3.8) is 0 Å². The summed E-state index contributed by atoms with van der Waals surface area (Å²) in [5.41, 5.74) is 0. The van der Waals surface area contributed by atoms with Crippen LogP contribution in [0.25, 0.3) is 0 Å². The summed E-state index contributed by atoms with van der Waals surface area (Å²) in [4.78, 5) is 33.4. The summed E-state index contributed by atoms with van der Waals surface area (Å²) < 4.78 is 13.8. The minimum atomic E-state index is -5.02. The fourth-order valence-corrected chi connectivity index (χ4v) is 6.63. The maximum atomic E-state index is 11.1. The normalized spacial score (nSPS) is 11.1. The summed E-state index contributed by atoms with van der Waals surface area (Å²) in [6.07, 6.45) is 0. The predicted octanol–water partition coefficient (Wildman–Crippen LogP) is -2.06. The molecule has 0 aromatic rings. The average molecular weight is 387 g/mol. The molecule has 0 unspecified atom stereocenters. The molecule has 3 N–H and O–H groups in total. The van der Waals surface area contributed by atoms with E-state index < -0.39 is 61.3 Å². The second kappa shape index (κ2) is 8.30. The Morgan fingerprint density at radius 1 is 0.842 bits per heavy atom. The number of hydrogen-bond acceptors (Lipinski definition) is 9. The number of aliphatic hydroxyl groups excluding tert-OH is 3. The van der Waals surface area contributed by atoms with Gasteiger partial charge < -0.3 is 0 Å². The van der Waals surface area contributed by atoms with Gasteiger partial charge in [-0.05, 0) is 0 Å². The molecule has 19 heavy (non-hydrogen) atoms. The first kappa shape index (κ1) is 18.1. The van der Waals surface area contributed by atoms with Gasteiger partial charge in [-0.1, -0.05) is 0 Å². The van der Waals surface area contributed by atoms with Crippen LogP contribution in [0.5, 0.6) is 0 Å². The van der Waals surface area contributed by atoms with Crippen LogP contribution in [0, 0.1) is 0 Å². The van der Waals surface area contributed by atoms with Crippen molar-refractivity contribution in [2.45, 2.75) is 17.8 Å². The Balaban J connectivity index is 5.26. The monoisotopic (exact) mass is 388 g/mol. The number of hydrogen-bond donors (Lipinski definition) is 3. The van der Waals surface area contributed by atoms with Crippen LogP contribution >= 0.6 is 0 Å². The minimum absolute atomic E-state index is 0.643. The summed E-state index contributed by atoms with van der Waals surface area (Å²) in [5.74, 6) is -3.37. The first-order valence-electron chi connectivity index (χ1n) is 5.29. The van der Waals surface area contributed by atoms with Gasteiger partial charge >= 0.3 is 114 Å². The molecule has 0 aliphatic rings. The first-order valence-corrected chi connectivity index (χ1v) is 10.4. The van der Waals surface area contributed by atoms with Crippen LogP contribution in [0.3, 0.4) is 0 Å². The van der Waals surface area contributed by atoms with Gasteiger partial charge in [0, 0.05) is 0 Å². The Kier molecular flexibility index (Phi) is 7.90. The van der Waals surface area contributed by atoms with E-state index in [1.807, 2.05) is 0 Å². The molecule has 0 fully saturated rings. The number of aliphatic hydroxyl groups is 3. The van der Waals surface area contributed by atoms with Crippen molar-refractivity contribution in [3.8, 4) is 0 Å². The molecule has 110 valence electrons. The number of rotatable bonds is 7. The van der Waals surface area contributed by atoms with Crippen molar-refractivity contribution < 1.29 is 38.9 Å². The van der Waals surface area contributed by atoms with E-state index in [4.69, 9.17) is 24.5 Å². The zero-order valence-electron chi connectivity index (χ0n) is 10.5. The van der Waals surface area contributed by atoms with Crippen LogP contribution in [0.4, 0.5) is 0 Å². The van der Waals surface area contributed by atoms with E-state index in [-0.39, 0.29) is 0 Å². The van der Waals surface area contributed by atoms with Crippen molar-refractivity contribution >= 4 is 37.5 Å². The summed E-state index contributed by atoms with van der Waals surface area (Å²) in [5, 5.41) is 25.9. The molecule has 0 heterocycles. The third kappa shape index (κ3) is 5.72. The van der Waals surface area contributed by atoms with E-state index >= 15 is 0 Å². The average Bonchev–Trinajstić information content (AvgIpc) is 2.37. The van der Waals surface area contributed by atoms with E-state index in [1.54, 1.807) is 0 Å². The van der Waals surface area contributed by atoms with Crippen molar-refractivity contribution in [1.29, 1.82) is 0 Å². The maximum absolute atomic E-state index is 11.1. The molecule has 0 saturated carbocycles. The molecule has 0 amide bonds. The van der Waals surface area contributed by atoms with Gasteiger partial charge in [0.15, 0.2) is 0 Å². The topological polar surface area (TPSA) is 140 Å². The van der Waals surface area contributed by atoms with Gasteiger partial charge in [-0.15, -0.1) is 0 Å². The molecule has 0 radical (unpaired) electrons. The Labute approximate surface area is 114 Å². The molecular weight excluding hydrogens is 371 g/mol. The van der Waals surface area contributed by atoms with Crippen LogP contribution in [0.1, 0.15) is 13.8 Å². The Hall–Kier alpha value is -0.911. The zero-order valence-corrected chi connectivity index (χ0v) is 13.3. The molecule has 0 aliphatic carbocycles. The van der Waals surface area contributed by atoms with Crippen LogP contribution in [0.15, 0.2) is 0 Å². The summed E-state index contributed by atoms with van der Waals surface area (Å²) in [6.45, 7) is 0.00229. The van der Waals surface area contributed by atoms with Gasteiger partial charge in [0.2, 0.25) is 0 Å². The molecular formula is C9H16O9Sn. The van der Waals surface area contributed by atoms with Gasteiger partial charge in [-0.3, -0.25) is 0 Å². The molecule has 0 atom stereocenters. The van der Waals surface area contributed by atoms with Crippen LogP contribution in [-0.4, -0.2) is 72.7 Å². The standard InChI is InChI=1S/C3H7.3C2H4O3.Sn/c1-3-2;3*3-1-2(4)5;/h3H,1-2H3;3*3H,1H2,(H,4,5);/q;;;;+3/p-3. The predicted molar refractivity (Wildman–Crippen MR) is 60.4 cm³/mol. The molecule has 0 rings (SSSR count). The Bertz CT molecular complexity index is 295. The van der Waals surface area contributed by atoms with Gasteiger partial charge in [-0.2, -0.15) is 0 Å². The SMILES string of the molecule is C[CH](C)[Sn]([O]C(=O)CO)([O]C(=O)CO)[O]C(=O)CO. The summed E-state index contributed by atoms with van der Waals surface area (Å²) in [6, 6.07) is 0. The van der Waals surface area contributed by atoms with E-state index in [0.717, 1.165) is 0 Å². The Morgan fingerprint density at radius 3 is 1.26 bits per heavy atom. The molecule has 10 heteroatoms. The Morgan fingerprint density at radius 2 is 1.11 bits per heavy atom. The second-order valence-electron chi connectivity index (χ2n) is 3.65. The van der Waals surface area contributed by atoms with Crippen LogP contribution < -0.4 is 0 Å². The van der Waals surface area contributed by atoms with Gasteiger partial charge in [0.1, 0.15) is 0 Å². The number of carbonyl (C=O) groups is 3. The fourth-order valence-electron chi connectivity index (χ4n) is 0.989. The van der Waals surface area contributed by atoms with Crippen molar-refractivity contribution in [2.24, 2.45) is 0 Å². The molecule has 0 aromatic heterocycles. The van der Waals surface area contributed by atoms with Crippen LogP contribution in [0.2, 0.25) is 3.93 Å². The number of carbonyl (C=O) groups excluding carboxylic acids is 3. The van der Waals surface area contributed by atoms with Crippen LogP contribution in [-0.2, 0) is 23.6 Å².